The van der Waals surface area contributed by atoms with Crippen LogP contribution in [0, 0.1) is 19.7 Å². The second-order valence-corrected chi connectivity index (χ2v) is 8.18. The van der Waals surface area contributed by atoms with Crippen LogP contribution in [0.3, 0.4) is 0 Å². The summed E-state index contributed by atoms with van der Waals surface area (Å²) in [6, 6.07) is 15.5. The number of aromatic nitrogens is 2. The molecule has 1 aromatic heterocycles. The summed E-state index contributed by atoms with van der Waals surface area (Å²) in [6.45, 7) is 8.48. The second kappa shape index (κ2) is 12.7. The van der Waals surface area contributed by atoms with E-state index in [9.17, 15) is 4.39 Å². The van der Waals surface area contributed by atoms with Crippen LogP contribution in [0.25, 0.3) is 5.69 Å². The smallest absolute Gasteiger partial charge is 0.191 e. The Hall–Kier alpha value is -2.46. The van der Waals surface area contributed by atoms with Crippen molar-refractivity contribution >= 4 is 29.9 Å². The molecule has 8 heteroatoms. The molecular weight excluding hydrogens is 530 g/mol. The summed E-state index contributed by atoms with van der Waals surface area (Å²) in [5.41, 5.74) is 5.92. The zero-order valence-corrected chi connectivity index (χ0v) is 22.4. The molecule has 0 amide bonds. The highest BCUT2D eigenvalue weighted by Crippen LogP contribution is 2.17. The van der Waals surface area contributed by atoms with E-state index in [1.54, 1.807) is 6.07 Å². The zero-order valence-electron chi connectivity index (χ0n) is 20.0. The Morgan fingerprint density at radius 3 is 2.48 bits per heavy atom. The number of guanidine groups is 1. The molecule has 2 aromatic carbocycles. The Morgan fingerprint density at radius 1 is 1.06 bits per heavy atom. The van der Waals surface area contributed by atoms with E-state index in [1.165, 1.54) is 6.07 Å². The number of benzene rings is 2. The average molecular weight is 564 g/mol. The van der Waals surface area contributed by atoms with Crippen molar-refractivity contribution in [1.82, 2.24) is 25.3 Å². The predicted octanol–water partition coefficient (Wildman–Crippen LogP) is 4.56. The Kier molecular flexibility index (Phi) is 10.3. The number of hydrogen-bond acceptors (Lipinski definition) is 3. The molecule has 3 rings (SSSR count). The lowest BCUT2D eigenvalue weighted by atomic mass is 10.1. The molecule has 3 aromatic rings. The molecule has 33 heavy (non-hydrogen) atoms. The van der Waals surface area contributed by atoms with Gasteiger partial charge < -0.3 is 15.5 Å². The summed E-state index contributed by atoms with van der Waals surface area (Å²) in [5.74, 6) is 0.534. The molecule has 0 atom stereocenters. The topological polar surface area (TPSA) is 57.5 Å². The number of aliphatic imine (C=N–C) groups is 1. The van der Waals surface area contributed by atoms with Gasteiger partial charge in [-0.15, -0.1) is 24.0 Å². The Labute approximate surface area is 213 Å². The minimum atomic E-state index is -0.183. The average Bonchev–Trinajstić information content (AvgIpc) is 3.09. The minimum Gasteiger partial charge on any atom is -0.357 e. The summed E-state index contributed by atoms with van der Waals surface area (Å²) >= 11 is 0. The molecule has 178 valence electrons. The molecule has 0 spiro atoms. The molecule has 0 fully saturated rings. The van der Waals surface area contributed by atoms with E-state index in [2.05, 4.69) is 40.9 Å². The van der Waals surface area contributed by atoms with Crippen molar-refractivity contribution in [1.29, 1.82) is 0 Å². The van der Waals surface area contributed by atoms with Crippen LogP contribution in [-0.4, -0.2) is 41.3 Å². The van der Waals surface area contributed by atoms with Crippen molar-refractivity contribution in [3.8, 4) is 5.69 Å². The van der Waals surface area contributed by atoms with Crippen LogP contribution in [0.15, 0.2) is 53.5 Å². The molecule has 0 saturated heterocycles. The van der Waals surface area contributed by atoms with Crippen molar-refractivity contribution < 1.29 is 4.39 Å². The molecule has 0 unspecified atom stereocenters. The zero-order chi connectivity index (χ0) is 23.1. The van der Waals surface area contributed by atoms with Crippen molar-refractivity contribution in [2.45, 2.75) is 40.4 Å². The third-order valence-corrected chi connectivity index (χ3v) is 5.04. The Morgan fingerprint density at radius 2 is 1.82 bits per heavy atom. The molecule has 2 N–H and O–H groups in total. The molecule has 0 aliphatic rings. The molecule has 0 aliphatic heterocycles. The van der Waals surface area contributed by atoms with E-state index < -0.39 is 0 Å². The first-order valence-corrected chi connectivity index (χ1v) is 10.9. The van der Waals surface area contributed by atoms with Crippen molar-refractivity contribution in [2.75, 3.05) is 20.6 Å². The van der Waals surface area contributed by atoms with Gasteiger partial charge in [-0.1, -0.05) is 24.3 Å². The molecular formula is C25H34FIN6. The molecule has 6 nitrogen and oxygen atoms in total. The van der Waals surface area contributed by atoms with Crippen LogP contribution in [0.2, 0.25) is 0 Å². The molecule has 0 saturated carbocycles. The monoisotopic (exact) mass is 564 g/mol. The predicted molar refractivity (Wildman–Crippen MR) is 144 cm³/mol. The van der Waals surface area contributed by atoms with E-state index in [-0.39, 0.29) is 29.8 Å². The first kappa shape index (κ1) is 26.8. The van der Waals surface area contributed by atoms with Gasteiger partial charge >= 0.3 is 0 Å². The fourth-order valence-corrected chi connectivity index (χ4v) is 3.62. The number of nitrogens with zero attached hydrogens (tertiary/aromatic N) is 4. The van der Waals surface area contributed by atoms with Crippen molar-refractivity contribution in [3.63, 3.8) is 0 Å². The maximum absolute atomic E-state index is 14.1. The number of rotatable bonds is 8. The maximum Gasteiger partial charge on any atom is 0.191 e. The van der Waals surface area contributed by atoms with Gasteiger partial charge in [0.2, 0.25) is 0 Å². The number of para-hydroxylation sites is 1. The van der Waals surface area contributed by atoms with E-state index in [0.29, 0.717) is 31.2 Å². The van der Waals surface area contributed by atoms with Crippen LogP contribution >= 0.6 is 24.0 Å². The molecule has 0 bridgehead atoms. The van der Waals surface area contributed by atoms with Crippen LogP contribution in [-0.2, 0) is 19.6 Å². The molecule has 0 aliphatic carbocycles. The number of aryl methyl sites for hydroxylation is 2. The third-order valence-electron chi connectivity index (χ3n) is 5.04. The van der Waals surface area contributed by atoms with Crippen LogP contribution in [0.1, 0.15) is 35.0 Å². The summed E-state index contributed by atoms with van der Waals surface area (Å²) < 4.78 is 16.0. The minimum absolute atomic E-state index is 0. The SMILES string of the molecule is CCNC(=NCc1ccc(F)c(CN(C)C)c1)NCc1ccccc1-n1nc(C)cc1C.I. The van der Waals surface area contributed by atoms with Gasteiger partial charge in [0.1, 0.15) is 5.82 Å². The van der Waals surface area contributed by atoms with Gasteiger partial charge in [0, 0.05) is 30.9 Å². The lowest BCUT2D eigenvalue weighted by molar-refractivity contribution is 0.392. The summed E-state index contributed by atoms with van der Waals surface area (Å²) in [4.78, 5) is 6.66. The largest absolute Gasteiger partial charge is 0.357 e. The van der Waals surface area contributed by atoms with Crippen molar-refractivity contribution in [2.24, 2.45) is 4.99 Å². The highest BCUT2D eigenvalue weighted by Gasteiger charge is 2.10. The van der Waals surface area contributed by atoms with E-state index in [1.807, 2.05) is 55.7 Å². The van der Waals surface area contributed by atoms with Gasteiger partial charge in [-0.05, 0) is 70.3 Å². The number of halogens is 2. The maximum atomic E-state index is 14.1. The number of nitrogens with one attached hydrogen (secondary N) is 2. The standard InChI is InChI=1S/C25H33FN6.HI/c1-6-27-25(28-15-20-11-12-23(26)22(14-20)17-31(4)5)29-16-21-9-7-8-10-24(21)32-19(3)13-18(2)30-32;/h7-14H,6,15-17H2,1-5H3,(H2,27,28,29);1H. The number of hydrogen-bond donors (Lipinski definition) is 2. The summed E-state index contributed by atoms with van der Waals surface area (Å²) in [6.07, 6.45) is 0. The van der Waals surface area contributed by atoms with Crippen LogP contribution < -0.4 is 10.6 Å². The summed E-state index contributed by atoms with van der Waals surface area (Å²) in [5, 5.41) is 11.3. The van der Waals surface area contributed by atoms with Gasteiger partial charge in [0.05, 0.1) is 17.9 Å². The second-order valence-electron chi connectivity index (χ2n) is 8.18. The van der Waals surface area contributed by atoms with Crippen LogP contribution in [0.4, 0.5) is 4.39 Å². The highest BCUT2D eigenvalue weighted by atomic mass is 127. The Balaban J connectivity index is 0.00000385. The van der Waals surface area contributed by atoms with Gasteiger partial charge in [0.25, 0.3) is 0 Å². The Bertz CT molecular complexity index is 1080. The third kappa shape index (κ3) is 7.53. The normalized spacial score (nSPS) is 11.4. The van der Waals surface area contributed by atoms with Gasteiger partial charge in [0.15, 0.2) is 5.96 Å². The molecule has 1 heterocycles. The summed E-state index contributed by atoms with van der Waals surface area (Å²) in [7, 11) is 3.86. The fraction of sp³-hybridized carbons (Fsp3) is 0.360. The lowest BCUT2D eigenvalue weighted by Gasteiger charge is -2.15. The quantitative estimate of drug-likeness (QED) is 0.239. The van der Waals surface area contributed by atoms with E-state index in [0.717, 1.165) is 34.7 Å². The highest BCUT2D eigenvalue weighted by molar-refractivity contribution is 14.0. The van der Waals surface area contributed by atoms with Gasteiger partial charge in [-0.3, -0.25) is 0 Å². The molecule has 0 radical (unpaired) electrons. The van der Waals surface area contributed by atoms with E-state index >= 15 is 0 Å². The first-order chi connectivity index (χ1) is 15.4. The van der Waals surface area contributed by atoms with E-state index in [4.69, 9.17) is 4.99 Å². The first-order valence-electron chi connectivity index (χ1n) is 10.9. The van der Waals surface area contributed by atoms with Gasteiger partial charge in [-0.25, -0.2) is 14.1 Å². The lowest BCUT2D eigenvalue weighted by Crippen LogP contribution is -2.37. The van der Waals surface area contributed by atoms with Crippen molar-refractivity contribution in [3.05, 3.63) is 82.4 Å². The van der Waals surface area contributed by atoms with Crippen LogP contribution in [0.5, 0.6) is 0 Å². The van der Waals surface area contributed by atoms with Gasteiger partial charge in [-0.2, -0.15) is 5.10 Å². The fourth-order valence-electron chi connectivity index (χ4n) is 3.62.